The maximum absolute atomic E-state index is 11.4. The van der Waals surface area contributed by atoms with Gasteiger partial charge in [0.25, 0.3) is 0 Å². The molecule has 0 bridgehead atoms. The van der Waals surface area contributed by atoms with Gasteiger partial charge in [-0.3, -0.25) is 0 Å². The molecule has 6 heteroatoms. The first-order chi connectivity index (χ1) is 7.02. The van der Waals surface area contributed by atoms with Crippen LogP contribution in [0, 0.1) is 0 Å². The number of likely N-dealkylation sites (N-methyl/N-ethyl adjacent to an activating group) is 1. The van der Waals surface area contributed by atoms with Crippen LogP contribution < -0.4 is 10.5 Å². The van der Waals surface area contributed by atoms with E-state index in [0.717, 1.165) is 19.5 Å². The van der Waals surface area contributed by atoms with Crippen molar-refractivity contribution in [1.29, 1.82) is 0 Å². The molecule has 0 aromatic rings. The lowest BCUT2D eigenvalue weighted by atomic mass is 10.3. The Morgan fingerprint density at radius 3 is 2.53 bits per heavy atom. The lowest BCUT2D eigenvalue weighted by molar-refractivity contribution is 0.358. The van der Waals surface area contributed by atoms with Gasteiger partial charge in [-0.25, -0.2) is 13.1 Å². The molecule has 0 heterocycles. The Labute approximate surface area is 93.1 Å². The van der Waals surface area contributed by atoms with E-state index in [-0.39, 0.29) is 5.75 Å². The third-order valence-corrected chi connectivity index (χ3v) is 3.69. The average molecular weight is 237 g/mol. The van der Waals surface area contributed by atoms with E-state index in [0.29, 0.717) is 19.5 Å². The van der Waals surface area contributed by atoms with E-state index in [1.54, 1.807) is 0 Å². The summed E-state index contributed by atoms with van der Waals surface area (Å²) in [4.78, 5) is 2.06. The molecule has 0 fully saturated rings. The third kappa shape index (κ3) is 8.80. The first kappa shape index (κ1) is 14.8. The number of nitrogens with two attached hydrogens (primary N) is 1. The van der Waals surface area contributed by atoms with Crippen LogP contribution in [0.2, 0.25) is 0 Å². The molecular weight excluding hydrogens is 214 g/mol. The summed E-state index contributed by atoms with van der Waals surface area (Å²) in [6.45, 7) is 4.74. The molecule has 0 aliphatic carbocycles. The Morgan fingerprint density at radius 2 is 2.00 bits per heavy atom. The number of rotatable bonds is 9. The molecule has 5 nitrogen and oxygen atoms in total. The lowest BCUT2D eigenvalue weighted by Crippen LogP contribution is -2.34. The summed E-state index contributed by atoms with van der Waals surface area (Å²) < 4.78 is 25.4. The normalized spacial score (nSPS) is 12.3. The predicted molar refractivity (Wildman–Crippen MR) is 63.2 cm³/mol. The van der Waals surface area contributed by atoms with Crippen molar-refractivity contribution in [1.82, 2.24) is 9.62 Å². The predicted octanol–water partition coefficient (Wildman–Crippen LogP) is -0.404. The van der Waals surface area contributed by atoms with Crippen LogP contribution in [0.1, 0.15) is 19.8 Å². The van der Waals surface area contributed by atoms with Crippen LogP contribution in [-0.2, 0) is 10.0 Å². The van der Waals surface area contributed by atoms with Crippen molar-refractivity contribution in [3.05, 3.63) is 0 Å². The van der Waals surface area contributed by atoms with Crippen LogP contribution >= 0.6 is 0 Å². The Morgan fingerprint density at radius 1 is 1.33 bits per heavy atom. The fourth-order valence-corrected chi connectivity index (χ4v) is 2.19. The van der Waals surface area contributed by atoms with Crippen LogP contribution in [0.5, 0.6) is 0 Å². The van der Waals surface area contributed by atoms with E-state index in [9.17, 15) is 8.42 Å². The third-order valence-electron chi connectivity index (χ3n) is 2.22. The molecule has 0 aromatic heterocycles. The molecule has 92 valence electrons. The van der Waals surface area contributed by atoms with Gasteiger partial charge in [-0.15, -0.1) is 0 Å². The Bertz CT molecular complexity index is 242. The monoisotopic (exact) mass is 237 g/mol. The minimum absolute atomic E-state index is 0.181. The Hall–Kier alpha value is -0.170. The van der Waals surface area contributed by atoms with E-state index in [1.807, 2.05) is 14.0 Å². The van der Waals surface area contributed by atoms with Gasteiger partial charge < -0.3 is 10.6 Å². The molecule has 0 aliphatic heterocycles. The van der Waals surface area contributed by atoms with E-state index in [4.69, 9.17) is 5.73 Å². The molecule has 0 unspecified atom stereocenters. The molecule has 15 heavy (non-hydrogen) atoms. The van der Waals surface area contributed by atoms with Gasteiger partial charge in [-0.2, -0.15) is 0 Å². The Kier molecular flexibility index (Phi) is 7.95. The van der Waals surface area contributed by atoms with Gasteiger partial charge in [0.05, 0.1) is 5.75 Å². The number of nitrogens with zero attached hydrogens (tertiary/aromatic N) is 1. The zero-order valence-electron chi connectivity index (χ0n) is 9.70. The quantitative estimate of drug-likeness (QED) is 0.535. The molecule has 3 N–H and O–H groups in total. The van der Waals surface area contributed by atoms with Crippen molar-refractivity contribution in [2.24, 2.45) is 5.73 Å². The van der Waals surface area contributed by atoms with Crippen LogP contribution in [-0.4, -0.2) is 52.3 Å². The maximum atomic E-state index is 11.4. The van der Waals surface area contributed by atoms with E-state index >= 15 is 0 Å². The van der Waals surface area contributed by atoms with Crippen molar-refractivity contribution in [3.8, 4) is 0 Å². The maximum Gasteiger partial charge on any atom is 0.211 e. The molecule has 0 radical (unpaired) electrons. The van der Waals surface area contributed by atoms with Crippen molar-refractivity contribution >= 4 is 10.0 Å². The van der Waals surface area contributed by atoms with E-state index in [1.165, 1.54) is 0 Å². The van der Waals surface area contributed by atoms with Crippen molar-refractivity contribution < 1.29 is 8.42 Å². The van der Waals surface area contributed by atoms with Crippen LogP contribution in [0.3, 0.4) is 0 Å². The summed E-state index contributed by atoms with van der Waals surface area (Å²) >= 11 is 0. The zero-order chi connectivity index (χ0) is 11.7. The van der Waals surface area contributed by atoms with Gasteiger partial charge in [-0.1, -0.05) is 6.92 Å². The first-order valence-electron chi connectivity index (χ1n) is 5.37. The van der Waals surface area contributed by atoms with E-state index in [2.05, 4.69) is 9.62 Å². The zero-order valence-corrected chi connectivity index (χ0v) is 10.5. The summed E-state index contributed by atoms with van der Waals surface area (Å²) in [5, 5.41) is 0. The molecule has 0 spiro atoms. The summed E-state index contributed by atoms with van der Waals surface area (Å²) in [6.07, 6.45) is 1.39. The second kappa shape index (κ2) is 8.04. The first-order valence-corrected chi connectivity index (χ1v) is 7.03. The van der Waals surface area contributed by atoms with Crippen LogP contribution in [0.15, 0.2) is 0 Å². The molecular formula is C9H23N3O2S. The van der Waals surface area contributed by atoms with Crippen LogP contribution in [0.4, 0.5) is 0 Å². The van der Waals surface area contributed by atoms with Gasteiger partial charge in [0.15, 0.2) is 0 Å². The molecule has 0 amide bonds. The molecule has 0 aliphatic rings. The highest BCUT2D eigenvalue weighted by Crippen LogP contribution is 1.92. The summed E-state index contributed by atoms with van der Waals surface area (Å²) in [5.74, 6) is 0.181. The van der Waals surface area contributed by atoms with Crippen molar-refractivity contribution in [3.63, 3.8) is 0 Å². The molecule has 0 saturated carbocycles. The summed E-state index contributed by atoms with van der Waals surface area (Å²) in [7, 11) is -1.13. The highest BCUT2D eigenvalue weighted by molar-refractivity contribution is 7.89. The van der Waals surface area contributed by atoms with Crippen LogP contribution in [0.25, 0.3) is 0 Å². The summed E-state index contributed by atoms with van der Waals surface area (Å²) in [6, 6.07) is 0. The minimum atomic E-state index is -3.09. The topological polar surface area (TPSA) is 75.4 Å². The summed E-state index contributed by atoms with van der Waals surface area (Å²) in [5.41, 5.74) is 5.29. The number of hydrogen-bond acceptors (Lipinski definition) is 4. The van der Waals surface area contributed by atoms with Gasteiger partial charge in [0, 0.05) is 13.1 Å². The van der Waals surface area contributed by atoms with Gasteiger partial charge in [0.1, 0.15) is 0 Å². The molecule has 0 saturated heterocycles. The number of hydrogen-bond donors (Lipinski definition) is 2. The lowest BCUT2D eigenvalue weighted by Gasteiger charge is -2.14. The second-order valence-corrected chi connectivity index (χ2v) is 5.53. The minimum Gasteiger partial charge on any atom is -0.330 e. The smallest absolute Gasteiger partial charge is 0.211 e. The van der Waals surface area contributed by atoms with Gasteiger partial charge in [-0.05, 0) is 33.0 Å². The van der Waals surface area contributed by atoms with Gasteiger partial charge >= 0.3 is 0 Å². The Balaban J connectivity index is 3.65. The average Bonchev–Trinajstić information content (AvgIpc) is 2.17. The molecule has 0 aromatic carbocycles. The van der Waals surface area contributed by atoms with Crippen molar-refractivity contribution in [2.75, 3.05) is 39.0 Å². The number of unbranched alkanes of at least 4 members (excludes halogenated alkanes) is 1. The van der Waals surface area contributed by atoms with Crippen molar-refractivity contribution in [2.45, 2.75) is 19.8 Å². The van der Waals surface area contributed by atoms with E-state index < -0.39 is 10.0 Å². The SMILES string of the molecule is CCN(C)CCNS(=O)(=O)CCCCN. The van der Waals surface area contributed by atoms with Gasteiger partial charge in [0.2, 0.25) is 10.0 Å². The largest absolute Gasteiger partial charge is 0.330 e. The highest BCUT2D eigenvalue weighted by Gasteiger charge is 2.08. The number of sulfonamides is 1. The number of nitrogens with one attached hydrogen (secondary N) is 1. The molecule has 0 rings (SSSR count). The second-order valence-electron chi connectivity index (χ2n) is 3.60. The highest BCUT2D eigenvalue weighted by atomic mass is 32.2. The fourth-order valence-electron chi connectivity index (χ4n) is 1.06. The standard InChI is InChI=1S/C9H23N3O2S/c1-3-12(2)8-7-11-15(13,14)9-5-4-6-10/h11H,3-10H2,1-2H3. The fraction of sp³-hybridized carbons (Fsp3) is 1.00. The molecule has 0 atom stereocenters.